The number of carboxylic acid groups (broad SMARTS) is 1. The molecule has 0 unspecified atom stereocenters. The summed E-state index contributed by atoms with van der Waals surface area (Å²) >= 11 is 0. The highest BCUT2D eigenvalue weighted by Gasteiger charge is 2.14. The summed E-state index contributed by atoms with van der Waals surface area (Å²) in [5.41, 5.74) is 0.584. The average molecular weight is 299 g/mol. The molecule has 0 saturated heterocycles. The van der Waals surface area contributed by atoms with Crippen LogP contribution in [0.15, 0.2) is 54.7 Å². The van der Waals surface area contributed by atoms with Gasteiger partial charge in [-0.25, -0.2) is 13.6 Å². The van der Waals surface area contributed by atoms with Gasteiger partial charge in [-0.2, -0.15) is 0 Å². The van der Waals surface area contributed by atoms with Crippen molar-refractivity contribution in [2.24, 2.45) is 0 Å². The minimum atomic E-state index is -1.26. The van der Waals surface area contributed by atoms with Crippen LogP contribution in [0.1, 0.15) is 5.56 Å². The standard InChI is InChI=1S/C17H11F2NO2/c18-13-7-12(8-14(19)9-13)15(17(21)22)10-20-6-5-11-3-1-2-4-16(11)20/h1-10H,(H,21,22). The van der Waals surface area contributed by atoms with Gasteiger partial charge in [-0.1, -0.05) is 18.2 Å². The topological polar surface area (TPSA) is 42.2 Å². The highest BCUT2D eigenvalue weighted by Crippen LogP contribution is 2.22. The third-order valence-corrected chi connectivity index (χ3v) is 3.30. The lowest BCUT2D eigenvalue weighted by Crippen LogP contribution is -2.02. The summed E-state index contributed by atoms with van der Waals surface area (Å²) in [7, 11) is 0. The first-order valence-electron chi connectivity index (χ1n) is 6.52. The number of hydrogen-bond donors (Lipinski definition) is 1. The Balaban J connectivity index is 2.17. The van der Waals surface area contributed by atoms with Crippen molar-refractivity contribution in [2.45, 2.75) is 0 Å². The summed E-state index contributed by atoms with van der Waals surface area (Å²) in [5.74, 6) is -2.90. The summed E-state index contributed by atoms with van der Waals surface area (Å²) in [4.78, 5) is 11.5. The molecule has 0 saturated carbocycles. The molecule has 0 amide bonds. The summed E-state index contributed by atoms with van der Waals surface area (Å²) in [6, 6.07) is 11.9. The van der Waals surface area contributed by atoms with Crippen LogP contribution in [0.2, 0.25) is 0 Å². The molecule has 1 N–H and O–H groups in total. The Kier molecular flexibility index (Phi) is 3.47. The Morgan fingerprint density at radius 3 is 2.41 bits per heavy atom. The third-order valence-electron chi connectivity index (χ3n) is 3.30. The zero-order valence-electron chi connectivity index (χ0n) is 11.3. The molecule has 3 rings (SSSR count). The lowest BCUT2D eigenvalue weighted by molar-refractivity contribution is -0.130. The van der Waals surface area contributed by atoms with Crippen molar-refractivity contribution in [3.63, 3.8) is 0 Å². The molecule has 22 heavy (non-hydrogen) atoms. The van der Waals surface area contributed by atoms with Crippen molar-refractivity contribution in [3.8, 4) is 0 Å². The molecule has 0 aliphatic heterocycles. The molecule has 1 aromatic heterocycles. The molecular weight excluding hydrogens is 288 g/mol. The largest absolute Gasteiger partial charge is 0.478 e. The highest BCUT2D eigenvalue weighted by molar-refractivity contribution is 6.19. The first-order valence-corrected chi connectivity index (χ1v) is 6.52. The highest BCUT2D eigenvalue weighted by atomic mass is 19.1. The number of nitrogens with zero attached hydrogens (tertiary/aromatic N) is 1. The van der Waals surface area contributed by atoms with Gasteiger partial charge in [0.05, 0.1) is 11.1 Å². The summed E-state index contributed by atoms with van der Waals surface area (Å²) in [6.07, 6.45) is 3.04. The average Bonchev–Trinajstić information content (AvgIpc) is 2.86. The number of carbonyl (C=O) groups is 1. The number of aromatic nitrogens is 1. The fourth-order valence-corrected chi connectivity index (χ4v) is 2.32. The normalized spacial score (nSPS) is 11.8. The van der Waals surface area contributed by atoms with Crippen LogP contribution in [0.4, 0.5) is 8.78 Å². The maximum absolute atomic E-state index is 13.3. The second-order valence-corrected chi connectivity index (χ2v) is 4.79. The number of fused-ring (bicyclic) bond motifs is 1. The lowest BCUT2D eigenvalue weighted by atomic mass is 10.1. The Labute approximate surface area is 124 Å². The molecule has 0 bridgehead atoms. The van der Waals surface area contributed by atoms with E-state index >= 15 is 0 Å². The molecule has 0 atom stereocenters. The Bertz CT molecular complexity index is 876. The molecule has 2 aromatic carbocycles. The van der Waals surface area contributed by atoms with Crippen molar-refractivity contribution in [2.75, 3.05) is 0 Å². The van der Waals surface area contributed by atoms with Gasteiger partial charge in [0.25, 0.3) is 0 Å². The quantitative estimate of drug-likeness (QED) is 0.743. The number of halogens is 2. The van der Waals surface area contributed by atoms with Gasteiger partial charge in [-0.05, 0) is 35.2 Å². The van der Waals surface area contributed by atoms with Gasteiger partial charge < -0.3 is 9.67 Å². The minimum Gasteiger partial charge on any atom is -0.478 e. The first-order chi connectivity index (χ1) is 10.5. The van der Waals surface area contributed by atoms with E-state index in [0.717, 1.165) is 23.0 Å². The SMILES string of the molecule is O=C(O)C(=Cn1ccc2ccccc21)c1cc(F)cc(F)c1. The maximum Gasteiger partial charge on any atom is 0.337 e. The molecule has 0 aliphatic carbocycles. The van der Waals surface area contributed by atoms with E-state index in [0.29, 0.717) is 6.07 Å². The number of carboxylic acids is 1. The molecule has 3 aromatic rings. The van der Waals surface area contributed by atoms with Crippen LogP contribution in [0.25, 0.3) is 22.7 Å². The molecule has 3 nitrogen and oxygen atoms in total. The smallest absolute Gasteiger partial charge is 0.337 e. The second-order valence-electron chi connectivity index (χ2n) is 4.79. The van der Waals surface area contributed by atoms with Crippen molar-refractivity contribution < 1.29 is 18.7 Å². The molecule has 0 fully saturated rings. The zero-order valence-corrected chi connectivity index (χ0v) is 11.3. The van der Waals surface area contributed by atoms with E-state index < -0.39 is 17.6 Å². The van der Waals surface area contributed by atoms with Gasteiger partial charge in [-0.3, -0.25) is 0 Å². The van der Waals surface area contributed by atoms with Gasteiger partial charge in [-0.15, -0.1) is 0 Å². The Hall–Kier alpha value is -2.95. The molecule has 1 heterocycles. The number of hydrogen-bond acceptors (Lipinski definition) is 1. The molecule has 5 heteroatoms. The summed E-state index contributed by atoms with van der Waals surface area (Å²) < 4.78 is 28.2. The molecular formula is C17H11F2NO2. The van der Waals surface area contributed by atoms with Crippen molar-refractivity contribution in [3.05, 3.63) is 71.9 Å². The van der Waals surface area contributed by atoms with Crippen LogP contribution in [-0.2, 0) is 4.79 Å². The van der Waals surface area contributed by atoms with E-state index in [1.165, 1.54) is 6.20 Å². The zero-order chi connectivity index (χ0) is 15.7. The Morgan fingerprint density at radius 2 is 1.73 bits per heavy atom. The van der Waals surface area contributed by atoms with Crippen LogP contribution in [0.5, 0.6) is 0 Å². The monoisotopic (exact) mass is 299 g/mol. The Morgan fingerprint density at radius 1 is 1.05 bits per heavy atom. The van der Waals surface area contributed by atoms with Gasteiger partial charge in [0.15, 0.2) is 0 Å². The van der Waals surface area contributed by atoms with Crippen LogP contribution in [0, 0.1) is 11.6 Å². The first kappa shape index (κ1) is 14.0. The fraction of sp³-hybridized carbons (Fsp3) is 0. The second kappa shape index (κ2) is 5.44. The summed E-state index contributed by atoms with van der Waals surface area (Å²) in [6.45, 7) is 0. The predicted octanol–water partition coefficient (Wildman–Crippen LogP) is 4.00. The van der Waals surface area contributed by atoms with Crippen LogP contribution in [0.3, 0.4) is 0 Å². The molecule has 110 valence electrons. The van der Waals surface area contributed by atoms with Crippen LogP contribution in [-0.4, -0.2) is 15.6 Å². The van der Waals surface area contributed by atoms with E-state index in [1.807, 2.05) is 30.3 Å². The molecule has 0 spiro atoms. The number of rotatable bonds is 3. The minimum absolute atomic E-state index is 0.0252. The van der Waals surface area contributed by atoms with Crippen LogP contribution < -0.4 is 0 Å². The molecule has 0 radical (unpaired) electrons. The van der Waals surface area contributed by atoms with E-state index in [-0.39, 0.29) is 11.1 Å². The fourth-order valence-electron chi connectivity index (χ4n) is 2.32. The number of benzene rings is 2. The third kappa shape index (κ3) is 2.61. The van der Waals surface area contributed by atoms with Crippen LogP contribution >= 0.6 is 0 Å². The van der Waals surface area contributed by atoms with Gasteiger partial charge in [0.2, 0.25) is 0 Å². The lowest BCUT2D eigenvalue weighted by Gasteiger charge is -2.05. The van der Waals surface area contributed by atoms with Crippen molar-refractivity contribution >= 4 is 28.6 Å². The van der Waals surface area contributed by atoms with Gasteiger partial charge in [0, 0.05) is 18.5 Å². The van der Waals surface area contributed by atoms with Gasteiger partial charge >= 0.3 is 5.97 Å². The number of aliphatic carboxylic acids is 1. The van der Waals surface area contributed by atoms with E-state index in [9.17, 15) is 18.7 Å². The summed E-state index contributed by atoms with van der Waals surface area (Å²) in [5, 5.41) is 10.3. The van der Waals surface area contributed by atoms with Crippen molar-refractivity contribution in [1.82, 2.24) is 4.57 Å². The van der Waals surface area contributed by atoms with E-state index in [2.05, 4.69) is 0 Å². The van der Waals surface area contributed by atoms with Gasteiger partial charge in [0.1, 0.15) is 11.6 Å². The van der Waals surface area contributed by atoms with E-state index in [1.54, 1.807) is 10.8 Å². The number of para-hydroxylation sites is 1. The van der Waals surface area contributed by atoms with Crippen molar-refractivity contribution in [1.29, 1.82) is 0 Å². The maximum atomic E-state index is 13.3. The predicted molar refractivity (Wildman–Crippen MR) is 80.1 cm³/mol. The molecule has 0 aliphatic rings. The van der Waals surface area contributed by atoms with E-state index in [4.69, 9.17) is 0 Å².